The number of ether oxygens (including phenoxy) is 1. The first-order chi connectivity index (χ1) is 15.3. The molecule has 32 heavy (non-hydrogen) atoms. The Morgan fingerprint density at radius 3 is 2.59 bits per heavy atom. The summed E-state index contributed by atoms with van der Waals surface area (Å²) in [5.74, 6) is 0.0941. The highest BCUT2D eigenvalue weighted by molar-refractivity contribution is 5.82. The molecule has 0 radical (unpaired) electrons. The minimum absolute atomic E-state index is 0.0400. The number of fused-ring (bicyclic) bond motifs is 1. The van der Waals surface area contributed by atoms with Crippen LogP contribution in [0.4, 0.5) is 13.2 Å². The predicted octanol–water partition coefficient (Wildman–Crippen LogP) is 4.68. The largest absolute Gasteiger partial charge is 0.504 e. The zero-order valence-corrected chi connectivity index (χ0v) is 16.7. The topological polar surface area (TPSA) is 76.7 Å². The molecule has 0 aliphatic rings. The van der Waals surface area contributed by atoms with Gasteiger partial charge in [0, 0.05) is 5.56 Å². The third kappa shape index (κ3) is 4.04. The maximum atomic E-state index is 13.2. The number of phenols is 1. The number of hydrogen-bond acceptors (Lipinski definition) is 5. The monoisotopic (exact) mass is 439 g/mol. The van der Waals surface area contributed by atoms with Crippen LogP contribution in [0, 0.1) is 0 Å². The quantitative estimate of drug-likeness (QED) is 0.469. The van der Waals surface area contributed by atoms with Gasteiger partial charge in [-0.15, -0.1) is 0 Å². The molecule has 0 fully saturated rings. The van der Waals surface area contributed by atoms with E-state index >= 15 is 0 Å². The summed E-state index contributed by atoms with van der Waals surface area (Å²) in [5.41, 5.74) is -0.485. The minimum atomic E-state index is -4.55. The summed E-state index contributed by atoms with van der Waals surface area (Å²) in [4.78, 5) is 17.5. The SMILES string of the molecule is COc1cc(C=Nn2c(-c3cccc(C(F)(F)F)c3)nc3ccccc3c2=O)ccc1O. The number of rotatable bonds is 4. The van der Waals surface area contributed by atoms with Gasteiger partial charge in [0.1, 0.15) is 0 Å². The van der Waals surface area contributed by atoms with Gasteiger partial charge in [0.05, 0.1) is 29.8 Å². The van der Waals surface area contributed by atoms with Gasteiger partial charge in [0.15, 0.2) is 17.3 Å². The molecule has 4 rings (SSSR count). The molecule has 0 saturated heterocycles. The molecule has 3 aromatic carbocycles. The molecule has 0 unspecified atom stereocenters. The van der Waals surface area contributed by atoms with Crippen molar-refractivity contribution in [3.63, 3.8) is 0 Å². The fraction of sp³-hybridized carbons (Fsp3) is 0.0870. The summed E-state index contributed by atoms with van der Waals surface area (Å²) in [5, 5.41) is 14.2. The summed E-state index contributed by atoms with van der Waals surface area (Å²) in [6.45, 7) is 0. The first-order valence-electron chi connectivity index (χ1n) is 9.39. The number of para-hydroxylation sites is 1. The van der Waals surface area contributed by atoms with Crippen molar-refractivity contribution in [3.05, 3.63) is 88.2 Å². The first kappa shape index (κ1) is 21.1. The molecule has 9 heteroatoms. The third-order valence-electron chi connectivity index (χ3n) is 4.73. The molecule has 1 N–H and O–H groups in total. The number of nitrogens with zero attached hydrogens (tertiary/aromatic N) is 3. The van der Waals surface area contributed by atoms with Crippen LogP contribution in [0.1, 0.15) is 11.1 Å². The Hall–Kier alpha value is -4.14. The Morgan fingerprint density at radius 1 is 1.06 bits per heavy atom. The highest BCUT2D eigenvalue weighted by Gasteiger charge is 2.30. The Balaban J connectivity index is 1.92. The molecule has 162 valence electrons. The number of methoxy groups -OCH3 is 1. The van der Waals surface area contributed by atoms with E-state index in [4.69, 9.17) is 4.74 Å². The van der Waals surface area contributed by atoms with E-state index in [1.54, 1.807) is 30.3 Å². The van der Waals surface area contributed by atoms with Gasteiger partial charge in [0.25, 0.3) is 5.56 Å². The number of phenolic OH excluding ortho intramolecular Hbond substituents is 1. The molecule has 4 aromatic rings. The average Bonchev–Trinajstić information content (AvgIpc) is 2.79. The van der Waals surface area contributed by atoms with Crippen LogP contribution in [0.5, 0.6) is 11.5 Å². The van der Waals surface area contributed by atoms with E-state index in [2.05, 4.69) is 10.1 Å². The number of aromatic nitrogens is 2. The van der Waals surface area contributed by atoms with E-state index in [0.717, 1.165) is 16.8 Å². The van der Waals surface area contributed by atoms with Crippen LogP contribution in [-0.4, -0.2) is 28.1 Å². The summed E-state index contributed by atoms with van der Waals surface area (Å²) in [6, 6.07) is 15.5. The summed E-state index contributed by atoms with van der Waals surface area (Å²) >= 11 is 0. The van der Waals surface area contributed by atoms with Crippen molar-refractivity contribution in [3.8, 4) is 22.9 Å². The van der Waals surface area contributed by atoms with Gasteiger partial charge in [0.2, 0.25) is 0 Å². The standard InChI is InChI=1S/C23H16F3N3O3/c1-32-20-11-14(9-10-19(20)30)13-27-29-21(15-5-4-6-16(12-15)23(24,25)26)28-18-8-3-2-7-17(18)22(29)31/h2-13,30H,1H3. The lowest BCUT2D eigenvalue weighted by atomic mass is 10.1. The van der Waals surface area contributed by atoms with Crippen LogP contribution in [0.2, 0.25) is 0 Å². The number of halogens is 3. The third-order valence-corrected chi connectivity index (χ3v) is 4.73. The Kier molecular flexibility index (Phi) is 5.40. The maximum absolute atomic E-state index is 13.2. The van der Waals surface area contributed by atoms with Crippen molar-refractivity contribution < 1.29 is 23.0 Å². The molecule has 0 aliphatic heterocycles. The van der Waals surface area contributed by atoms with Crippen LogP contribution >= 0.6 is 0 Å². The van der Waals surface area contributed by atoms with Gasteiger partial charge >= 0.3 is 6.18 Å². The molecule has 6 nitrogen and oxygen atoms in total. The fourth-order valence-electron chi connectivity index (χ4n) is 3.15. The van der Waals surface area contributed by atoms with Crippen molar-refractivity contribution in [2.24, 2.45) is 5.10 Å². The number of alkyl halides is 3. The first-order valence-corrected chi connectivity index (χ1v) is 9.39. The van der Waals surface area contributed by atoms with Crippen LogP contribution < -0.4 is 10.3 Å². The molecular formula is C23H16F3N3O3. The molecule has 1 aromatic heterocycles. The Morgan fingerprint density at radius 2 is 1.84 bits per heavy atom. The highest BCUT2D eigenvalue weighted by Crippen LogP contribution is 2.32. The van der Waals surface area contributed by atoms with E-state index in [1.807, 2.05) is 0 Å². The molecule has 0 spiro atoms. The Labute approximate surface area is 179 Å². The van der Waals surface area contributed by atoms with Crippen molar-refractivity contribution in [1.82, 2.24) is 9.66 Å². The van der Waals surface area contributed by atoms with Gasteiger partial charge in [-0.2, -0.15) is 22.9 Å². The van der Waals surface area contributed by atoms with Crippen molar-refractivity contribution in [1.29, 1.82) is 0 Å². The minimum Gasteiger partial charge on any atom is -0.504 e. The van der Waals surface area contributed by atoms with Crippen LogP contribution in [0.15, 0.2) is 76.6 Å². The summed E-state index contributed by atoms with van der Waals surface area (Å²) < 4.78 is 45.7. The normalized spacial score (nSPS) is 11.9. The van der Waals surface area contributed by atoms with Gasteiger partial charge < -0.3 is 9.84 Å². The lowest BCUT2D eigenvalue weighted by Gasteiger charge is -2.12. The second-order valence-corrected chi connectivity index (χ2v) is 6.82. The lowest BCUT2D eigenvalue weighted by molar-refractivity contribution is -0.137. The Bertz CT molecular complexity index is 1390. The molecule has 0 saturated carbocycles. The fourth-order valence-corrected chi connectivity index (χ4v) is 3.15. The predicted molar refractivity (Wildman–Crippen MR) is 114 cm³/mol. The van der Waals surface area contributed by atoms with Gasteiger partial charge in [-0.25, -0.2) is 4.98 Å². The van der Waals surface area contributed by atoms with E-state index in [1.165, 1.54) is 37.6 Å². The molecule has 0 atom stereocenters. The molecule has 0 amide bonds. The lowest BCUT2D eigenvalue weighted by Crippen LogP contribution is -2.20. The number of benzene rings is 3. The average molecular weight is 439 g/mol. The van der Waals surface area contributed by atoms with E-state index in [9.17, 15) is 23.1 Å². The number of hydrogen-bond donors (Lipinski definition) is 1. The maximum Gasteiger partial charge on any atom is 0.416 e. The molecule has 0 bridgehead atoms. The second kappa shape index (κ2) is 8.18. The van der Waals surface area contributed by atoms with E-state index in [0.29, 0.717) is 11.1 Å². The van der Waals surface area contributed by atoms with Gasteiger partial charge in [-0.1, -0.05) is 24.3 Å². The van der Waals surface area contributed by atoms with Crippen LogP contribution in [0.3, 0.4) is 0 Å². The highest BCUT2D eigenvalue weighted by atomic mass is 19.4. The van der Waals surface area contributed by atoms with Crippen molar-refractivity contribution >= 4 is 17.1 Å². The van der Waals surface area contributed by atoms with Crippen LogP contribution in [-0.2, 0) is 6.18 Å². The smallest absolute Gasteiger partial charge is 0.416 e. The molecule has 0 aliphatic carbocycles. The van der Waals surface area contributed by atoms with Crippen LogP contribution in [0.25, 0.3) is 22.3 Å². The molecule has 1 heterocycles. The van der Waals surface area contributed by atoms with Gasteiger partial charge in [-0.3, -0.25) is 4.79 Å². The van der Waals surface area contributed by atoms with Crippen molar-refractivity contribution in [2.75, 3.05) is 7.11 Å². The van der Waals surface area contributed by atoms with Crippen molar-refractivity contribution in [2.45, 2.75) is 6.18 Å². The number of aromatic hydroxyl groups is 1. The van der Waals surface area contributed by atoms with E-state index < -0.39 is 17.3 Å². The van der Waals surface area contributed by atoms with E-state index in [-0.39, 0.29) is 28.3 Å². The summed E-state index contributed by atoms with van der Waals surface area (Å²) in [6.07, 6.45) is -3.22. The van der Waals surface area contributed by atoms with Gasteiger partial charge in [-0.05, 0) is 48.0 Å². The summed E-state index contributed by atoms with van der Waals surface area (Å²) in [7, 11) is 1.39. The zero-order chi connectivity index (χ0) is 22.9. The zero-order valence-electron chi connectivity index (χ0n) is 16.7. The second-order valence-electron chi connectivity index (χ2n) is 6.82. The molecular weight excluding hydrogens is 423 g/mol.